The lowest BCUT2D eigenvalue weighted by atomic mass is 10.2. The van der Waals surface area contributed by atoms with Gasteiger partial charge in [0.2, 0.25) is 5.91 Å². The van der Waals surface area contributed by atoms with Gasteiger partial charge in [0.15, 0.2) is 5.96 Å². The highest BCUT2D eigenvalue weighted by atomic mass is 16.2. The summed E-state index contributed by atoms with van der Waals surface area (Å²) in [7, 11) is 2.02. The van der Waals surface area contributed by atoms with Crippen molar-refractivity contribution < 1.29 is 4.79 Å². The number of guanidine groups is 1. The molecular formula is C13H24N4O. The number of amides is 1. The summed E-state index contributed by atoms with van der Waals surface area (Å²) in [6.45, 7) is 4.42. The van der Waals surface area contributed by atoms with Gasteiger partial charge in [0.05, 0.1) is 6.54 Å². The largest absolute Gasteiger partial charge is 0.356 e. The molecule has 0 aliphatic carbocycles. The molecule has 1 N–H and O–H groups in total. The third-order valence-corrected chi connectivity index (χ3v) is 3.64. The smallest absolute Gasteiger partial charge is 0.224 e. The molecule has 0 aromatic carbocycles. The first-order valence-corrected chi connectivity index (χ1v) is 7.04. The molecule has 0 unspecified atom stereocenters. The van der Waals surface area contributed by atoms with E-state index in [0.29, 0.717) is 13.0 Å². The molecule has 1 fully saturated rings. The number of carbonyl (C=O) groups excluding carboxylic acids is 1. The Morgan fingerprint density at radius 3 is 2.56 bits per heavy atom. The van der Waals surface area contributed by atoms with Crippen LogP contribution < -0.4 is 5.32 Å². The van der Waals surface area contributed by atoms with E-state index < -0.39 is 0 Å². The maximum atomic E-state index is 12.0. The highest BCUT2D eigenvalue weighted by Gasteiger charge is 2.16. The molecule has 5 nitrogen and oxygen atoms in total. The van der Waals surface area contributed by atoms with Crippen molar-refractivity contribution in [3.63, 3.8) is 0 Å². The quantitative estimate of drug-likeness (QED) is 0.803. The molecule has 0 atom stereocenters. The number of hydrogen-bond acceptors (Lipinski definition) is 4. The standard InChI is InChI=1S/C13H24N4O/c1-16-11-8-15-13(16)14-7-6-12(18)17-9-4-2-3-5-10-17/h2-11H2,1H3,(H,14,15). The van der Waals surface area contributed by atoms with Gasteiger partial charge in [0, 0.05) is 39.6 Å². The number of likely N-dealkylation sites (tertiary alicyclic amines) is 1. The van der Waals surface area contributed by atoms with E-state index >= 15 is 0 Å². The van der Waals surface area contributed by atoms with Crippen LogP contribution in [0.25, 0.3) is 0 Å². The highest BCUT2D eigenvalue weighted by Crippen LogP contribution is 2.10. The Morgan fingerprint density at radius 2 is 1.94 bits per heavy atom. The molecular weight excluding hydrogens is 228 g/mol. The second kappa shape index (κ2) is 6.61. The van der Waals surface area contributed by atoms with Gasteiger partial charge in [-0.15, -0.1) is 0 Å². The van der Waals surface area contributed by atoms with Crippen LogP contribution >= 0.6 is 0 Å². The van der Waals surface area contributed by atoms with E-state index in [1.165, 1.54) is 12.8 Å². The highest BCUT2D eigenvalue weighted by molar-refractivity contribution is 5.82. The van der Waals surface area contributed by atoms with E-state index in [1.54, 1.807) is 0 Å². The van der Waals surface area contributed by atoms with Gasteiger partial charge in [-0.2, -0.15) is 0 Å². The fourth-order valence-electron chi connectivity index (χ4n) is 2.48. The summed E-state index contributed by atoms with van der Waals surface area (Å²) in [6, 6.07) is 0. The van der Waals surface area contributed by atoms with E-state index in [4.69, 9.17) is 0 Å². The predicted octanol–water partition coefficient (Wildman–Crippen LogP) is 0.670. The number of likely N-dealkylation sites (N-methyl/N-ethyl adjacent to an activating group) is 1. The zero-order chi connectivity index (χ0) is 12.8. The Morgan fingerprint density at radius 1 is 1.22 bits per heavy atom. The fraction of sp³-hybridized carbons (Fsp3) is 0.846. The molecule has 2 aliphatic rings. The van der Waals surface area contributed by atoms with Gasteiger partial charge in [-0.3, -0.25) is 9.79 Å². The van der Waals surface area contributed by atoms with Crippen LogP contribution in [-0.2, 0) is 4.79 Å². The summed E-state index contributed by atoms with van der Waals surface area (Å²) < 4.78 is 0. The molecule has 0 aromatic rings. The number of hydrogen-bond donors (Lipinski definition) is 1. The van der Waals surface area contributed by atoms with Crippen LogP contribution in [0, 0.1) is 0 Å². The minimum atomic E-state index is 0.283. The van der Waals surface area contributed by atoms with Gasteiger partial charge in [0.1, 0.15) is 0 Å². The van der Waals surface area contributed by atoms with Crippen molar-refractivity contribution in [3.8, 4) is 0 Å². The lowest BCUT2D eigenvalue weighted by molar-refractivity contribution is -0.131. The summed E-state index contributed by atoms with van der Waals surface area (Å²) in [5.41, 5.74) is 0. The molecule has 0 spiro atoms. The van der Waals surface area contributed by atoms with Crippen LogP contribution in [0.2, 0.25) is 0 Å². The molecule has 2 heterocycles. The second-order valence-electron chi connectivity index (χ2n) is 5.10. The molecule has 1 amide bonds. The van der Waals surface area contributed by atoms with Gasteiger partial charge in [-0.25, -0.2) is 0 Å². The monoisotopic (exact) mass is 252 g/mol. The summed E-state index contributed by atoms with van der Waals surface area (Å²) in [6.07, 6.45) is 5.43. The summed E-state index contributed by atoms with van der Waals surface area (Å²) >= 11 is 0. The molecule has 2 aliphatic heterocycles. The summed E-state index contributed by atoms with van der Waals surface area (Å²) in [5, 5.41) is 3.25. The van der Waals surface area contributed by atoms with Crippen molar-refractivity contribution in [2.75, 3.05) is 39.8 Å². The van der Waals surface area contributed by atoms with Crippen LogP contribution in [0.5, 0.6) is 0 Å². The van der Waals surface area contributed by atoms with Crippen molar-refractivity contribution in [2.24, 2.45) is 4.99 Å². The van der Waals surface area contributed by atoms with Crippen molar-refractivity contribution >= 4 is 11.9 Å². The third kappa shape index (κ3) is 3.62. The zero-order valence-corrected chi connectivity index (χ0v) is 11.3. The number of nitrogens with one attached hydrogen (secondary N) is 1. The molecule has 0 saturated carbocycles. The number of nitrogens with zero attached hydrogens (tertiary/aromatic N) is 3. The molecule has 102 valence electrons. The first-order valence-electron chi connectivity index (χ1n) is 7.04. The number of carbonyl (C=O) groups is 1. The van der Waals surface area contributed by atoms with Crippen LogP contribution in [0.15, 0.2) is 4.99 Å². The van der Waals surface area contributed by atoms with Gasteiger partial charge >= 0.3 is 0 Å². The van der Waals surface area contributed by atoms with Gasteiger partial charge in [-0.05, 0) is 12.8 Å². The van der Waals surface area contributed by atoms with E-state index in [1.807, 2.05) is 11.9 Å². The topological polar surface area (TPSA) is 47.9 Å². The third-order valence-electron chi connectivity index (χ3n) is 3.64. The second-order valence-corrected chi connectivity index (χ2v) is 5.10. The van der Waals surface area contributed by atoms with E-state index in [-0.39, 0.29) is 5.91 Å². The zero-order valence-electron chi connectivity index (χ0n) is 11.3. The van der Waals surface area contributed by atoms with Crippen LogP contribution in [0.3, 0.4) is 0 Å². The van der Waals surface area contributed by atoms with Crippen molar-refractivity contribution in [2.45, 2.75) is 32.1 Å². The van der Waals surface area contributed by atoms with E-state index in [0.717, 1.165) is 45.0 Å². The lowest BCUT2D eigenvalue weighted by Crippen LogP contribution is -2.39. The molecule has 0 bridgehead atoms. The van der Waals surface area contributed by atoms with E-state index in [2.05, 4.69) is 15.2 Å². The predicted molar refractivity (Wildman–Crippen MR) is 72.6 cm³/mol. The van der Waals surface area contributed by atoms with E-state index in [9.17, 15) is 4.79 Å². The SMILES string of the molecule is CN1CCN=C1NCCC(=O)N1CCCCCC1. The van der Waals surface area contributed by atoms with Gasteiger partial charge in [0.25, 0.3) is 0 Å². The summed E-state index contributed by atoms with van der Waals surface area (Å²) in [5.74, 6) is 1.21. The number of aliphatic imine (C=N–C) groups is 1. The first-order chi connectivity index (χ1) is 8.77. The molecule has 2 rings (SSSR count). The van der Waals surface area contributed by atoms with Gasteiger partial charge < -0.3 is 15.1 Å². The average Bonchev–Trinajstić information content (AvgIpc) is 2.64. The molecule has 18 heavy (non-hydrogen) atoms. The Kier molecular flexibility index (Phi) is 4.84. The van der Waals surface area contributed by atoms with Crippen LogP contribution in [-0.4, -0.2) is 61.4 Å². The normalized spacial score (nSPS) is 20.6. The molecule has 0 radical (unpaired) electrons. The molecule has 1 saturated heterocycles. The average molecular weight is 252 g/mol. The minimum absolute atomic E-state index is 0.283. The van der Waals surface area contributed by atoms with Crippen molar-refractivity contribution in [3.05, 3.63) is 0 Å². The van der Waals surface area contributed by atoms with Crippen LogP contribution in [0.4, 0.5) is 0 Å². The Balaban J connectivity index is 1.67. The fourth-order valence-corrected chi connectivity index (χ4v) is 2.48. The maximum absolute atomic E-state index is 12.0. The van der Waals surface area contributed by atoms with Gasteiger partial charge in [-0.1, -0.05) is 12.8 Å². The van der Waals surface area contributed by atoms with Crippen molar-refractivity contribution in [1.29, 1.82) is 0 Å². The molecule has 0 aromatic heterocycles. The maximum Gasteiger partial charge on any atom is 0.224 e. The number of rotatable bonds is 3. The minimum Gasteiger partial charge on any atom is -0.356 e. The lowest BCUT2D eigenvalue weighted by Gasteiger charge is -2.21. The Bertz CT molecular complexity index is 308. The van der Waals surface area contributed by atoms with Crippen LogP contribution in [0.1, 0.15) is 32.1 Å². The first kappa shape index (κ1) is 13.2. The Labute approximate surface area is 109 Å². The Hall–Kier alpha value is -1.26. The summed E-state index contributed by atoms with van der Waals surface area (Å²) in [4.78, 5) is 20.5. The van der Waals surface area contributed by atoms with Crippen molar-refractivity contribution in [1.82, 2.24) is 15.1 Å². The molecule has 5 heteroatoms.